The second kappa shape index (κ2) is 5.20. The largest absolute Gasteiger partial charge is 0.351 e. The topological polar surface area (TPSA) is 67.2 Å². The van der Waals surface area contributed by atoms with Gasteiger partial charge in [-0.1, -0.05) is 11.6 Å². The molecule has 0 atom stereocenters. The van der Waals surface area contributed by atoms with Gasteiger partial charge < -0.3 is 10.7 Å². The number of aryl methyl sites for hydroxylation is 1. The first-order valence-electron chi connectivity index (χ1n) is 6.01. The molecular weight excluding hydrogens is 246 g/mol. The Morgan fingerprint density at radius 2 is 2.22 bits per heavy atom. The smallest absolute Gasteiger partial charge is 0.253 e. The average Bonchev–Trinajstić information content (AvgIpc) is 3.16. The lowest BCUT2D eigenvalue weighted by molar-refractivity contribution is 0.0953. The van der Waals surface area contributed by atoms with Crippen molar-refractivity contribution in [2.24, 2.45) is 5.84 Å². The van der Waals surface area contributed by atoms with Gasteiger partial charge in [0.25, 0.3) is 5.91 Å². The molecule has 0 saturated heterocycles. The number of hydrogen-bond donors (Lipinski definition) is 3. The second-order valence-electron chi connectivity index (χ2n) is 4.76. The average molecular weight is 265 g/mol. The fourth-order valence-electron chi connectivity index (χ4n) is 1.90. The fraction of sp³-hybridized carbons (Fsp3) is 0.462. The van der Waals surface area contributed by atoms with Crippen LogP contribution in [0.3, 0.4) is 0 Å². The number of nitrogens with one attached hydrogen (secondary N) is 2. The molecule has 18 heavy (non-hydrogen) atoms. The third kappa shape index (κ3) is 2.79. The minimum absolute atomic E-state index is 0.0630. The number of hydrogen-bond acceptors (Lipinski definition) is 4. The first-order chi connectivity index (χ1) is 8.60. The number of amides is 1. The summed E-state index contributed by atoms with van der Waals surface area (Å²) >= 11 is 1.83. The highest BCUT2D eigenvalue weighted by Gasteiger charge is 2.42. The van der Waals surface area contributed by atoms with Gasteiger partial charge in [-0.25, -0.2) is 0 Å². The van der Waals surface area contributed by atoms with Gasteiger partial charge in [-0.2, -0.15) is 11.8 Å². The molecule has 0 aliphatic heterocycles. The van der Waals surface area contributed by atoms with E-state index < -0.39 is 0 Å². The van der Waals surface area contributed by atoms with Gasteiger partial charge in [0, 0.05) is 11.3 Å². The molecule has 0 bridgehead atoms. The Morgan fingerprint density at radius 1 is 1.50 bits per heavy atom. The van der Waals surface area contributed by atoms with E-state index in [1.807, 2.05) is 36.9 Å². The van der Waals surface area contributed by atoms with Gasteiger partial charge in [0.1, 0.15) is 0 Å². The van der Waals surface area contributed by atoms with E-state index in [9.17, 15) is 4.79 Å². The van der Waals surface area contributed by atoms with Crippen molar-refractivity contribution in [1.82, 2.24) is 5.32 Å². The number of carbonyl (C=O) groups is 1. The van der Waals surface area contributed by atoms with Gasteiger partial charge in [0.15, 0.2) is 0 Å². The third-order valence-corrected chi connectivity index (χ3v) is 4.81. The van der Waals surface area contributed by atoms with Crippen LogP contribution >= 0.6 is 11.8 Å². The van der Waals surface area contributed by atoms with Crippen molar-refractivity contribution in [3.8, 4) is 0 Å². The Bertz CT molecular complexity index is 458. The van der Waals surface area contributed by atoms with Gasteiger partial charge in [-0.3, -0.25) is 10.6 Å². The van der Waals surface area contributed by atoms with Crippen molar-refractivity contribution in [3.05, 3.63) is 29.3 Å². The number of anilines is 1. The van der Waals surface area contributed by atoms with Crippen molar-refractivity contribution < 1.29 is 4.79 Å². The number of nitrogen functional groups attached to an aromatic ring is 1. The molecule has 2 rings (SSSR count). The van der Waals surface area contributed by atoms with Crippen LogP contribution in [0, 0.1) is 6.92 Å². The van der Waals surface area contributed by atoms with E-state index >= 15 is 0 Å². The molecule has 1 aromatic carbocycles. The Balaban J connectivity index is 2.06. The molecule has 4 N–H and O–H groups in total. The number of hydrazine groups is 1. The molecule has 1 amide bonds. The molecule has 0 radical (unpaired) electrons. The molecule has 5 heteroatoms. The molecule has 0 heterocycles. The molecule has 0 aromatic heterocycles. The predicted octanol–water partition coefficient (Wildman–Crippen LogP) is 1.91. The lowest BCUT2D eigenvalue weighted by Gasteiger charge is -2.15. The van der Waals surface area contributed by atoms with Crippen molar-refractivity contribution in [1.29, 1.82) is 0 Å². The van der Waals surface area contributed by atoms with Crippen LogP contribution in [0.25, 0.3) is 0 Å². The molecule has 1 fully saturated rings. The van der Waals surface area contributed by atoms with Gasteiger partial charge in [-0.05, 0) is 38.2 Å². The molecule has 1 aromatic rings. The fourth-order valence-corrected chi connectivity index (χ4v) is 2.63. The van der Waals surface area contributed by atoms with Crippen molar-refractivity contribution >= 4 is 23.4 Å². The summed E-state index contributed by atoms with van der Waals surface area (Å²) in [7, 11) is 0. The molecule has 1 saturated carbocycles. The summed E-state index contributed by atoms with van der Waals surface area (Å²) < 4.78 is 0.274. The van der Waals surface area contributed by atoms with E-state index in [-0.39, 0.29) is 10.7 Å². The highest BCUT2D eigenvalue weighted by Crippen LogP contribution is 2.46. The summed E-state index contributed by atoms with van der Waals surface area (Å²) in [4.78, 5) is 12.2. The van der Waals surface area contributed by atoms with Crippen LogP contribution < -0.4 is 16.6 Å². The zero-order valence-electron chi connectivity index (χ0n) is 10.7. The number of thioether (sulfide) groups is 1. The van der Waals surface area contributed by atoms with Crippen LogP contribution in [0.4, 0.5) is 5.69 Å². The maximum absolute atomic E-state index is 12.2. The van der Waals surface area contributed by atoms with Crippen LogP contribution in [0.1, 0.15) is 28.8 Å². The maximum atomic E-state index is 12.2. The number of rotatable bonds is 5. The Kier molecular flexibility index (Phi) is 3.82. The molecule has 1 aliphatic carbocycles. The summed E-state index contributed by atoms with van der Waals surface area (Å²) in [6, 6.07) is 5.60. The standard InChI is InChI=1S/C13H19N3OS/c1-9-3-4-11(16-14)10(7-9)12(17)15-8-13(18-2)5-6-13/h3-4,7,16H,5-6,8,14H2,1-2H3,(H,15,17). The second-order valence-corrected chi connectivity index (χ2v) is 6.04. The van der Waals surface area contributed by atoms with Gasteiger partial charge in [0.05, 0.1) is 11.3 Å². The molecule has 4 nitrogen and oxygen atoms in total. The van der Waals surface area contributed by atoms with E-state index in [2.05, 4.69) is 17.0 Å². The van der Waals surface area contributed by atoms with Crippen LogP contribution in [0.15, 0.2) is 18.2 Å². The molecule has 1 aliphatic rings. The molecular formula is C13H19N3OS. The minimum Gasteiger partial charge on any atom is -0.351 e. The van der Waals surface area contributed by atoms with Crippen LogP contribution in [0.2, 0.25) is 0 Å². The first-order valence-corrected chi connectivity index (χ1v) is 7.23. The monoisotopic (exact) mass is 265 g/mol. The highest BCUT2D eigenvalue weighted by molar-refractivity contribution is 8.00. The minimum atomic E-state index is -0.0630. The predicted molar refractivity (Wildman–Crippen MR) is 76.8 cm³/mol. The number of carbonyl (C=O) groups excluding carboxylic acids is 1. The summed E-state index contributed by atoms with van der Waals surface area (Å²) in [5.74, 6) is 5.36. The zero-order chi connectivity index (χ0) is 13.2. The van der Waals surface area contributed by atoms with Gasteiger partial charge >= 0.3 is 0 Å². The van der Waals surface area contributed by atoms with Crippen molar-refractivity contribution in [2.75, 3.05) is 18.2 Å². The van der Waals surface area contributed by atoms with E-state index in [1.165, 1.54) is 12.8 Å². The van der Waals surface area contributed by atoms with Crippen LogP contribution in [-0.4, -0.2) is 23.5 Å². The van der Waals surface area contributed by atoms with Crippen LogP contribution in [-0.2, 0) is 0 Å². The zero-order valence-corrected chi connectivity index (χ0v) is 11.6. The van der Waals surface area contributed by atoms with Crippen molar-refractivity contribution in [2.45, 2.75) is 24.5 Å². The van der Waals surface area contributed by atoms with Gasteiger partial charge in [-0.15, -0.1) is 0 Å². The first kappa shape index (κ1) is 13.2. The third-order valence-electron chi connectivity index (χ3n) is 3.39. The Morgan fingerprint density at radius 3 is 2.78 bits per heavy atom. The van der Waals surface area contributed by atoms with Crippen LogP contribution in [0.5, 0.6) is 0 Å². The van der Waals surface area contributed by atoms with E-state index in [0.717, 1.165) is 12.1 Å². The summed E-state index contributed by atoms with van der Waals surface area (Å²) in [5, 5.41) is 3.00. The molecule has 98 valence electrons. The summed E-state index contributed by atoms with van der Waals surface area (Å²) in [6.07, 6.45) is 4.47. The summed E-state index contributed by atoms with van der Waals surface area (Å²) in [5.41, 5.74) is 4.88. The Labute approximate surface area is 112 Å². The normalized spacial score (nSPS) is 16.2. The van der Waals surface area contributed by atoms with Crippen molar-refractivity contribution in [3.63, 3.8) is 0 Å². The summed E-state index contributed by atoms with van der Waals surface area (Å²) in [6.45, 7) is 2.69. The number of nitrogens with two attached hydrogens (primary N) is 1. The number of benzene rings is 1. The van der Waals surface area contributed by atoms with Gasteiger partial charge in [0.2, 0.25) is 0 Å². The lowest BCUT2D eigenvalue weighted by atomic mass is 10.1. The molecule has 0 spiro atoms. The van der Waals surface area contributed by atoms with E-state index in [4.69, 9.17) is 5.84 Å². The lowest BCUT2D eigenvalue weighted by Crippen LogP contribution is -2.32. The SMILES string of the molecule is CSC1(CNC(=O)c2cc(C)ccc2NN)CC1. The molecule has 0 unspecified atom stereocenters. The maximum Gasteiger partial charge on any atom is 0.253 e. The quantitative estimate of drug-likeness (QED) is 0.562. The van der Waals surface area contributed by atoms with E-state index in [1.54, 1.807) is 0 Å². The van der Waals surface area contributed by atoms with E-state index in [0.29, 0.717) is 11.3 Å². The highest BCUT2D eigenvalue weighted by atomic mass is 32.2. The Hall–Kier alpha value is -1.20.